The van der Waals surface area contributed by atoms with Crippen LogP contribution in [0.1, 0.15) is 12.6 Å². The van der Waals surface area contributed by atoms with Gasteiger partial charge in [0.1, 0.15) is 6.61 Å². The van der Waals surface area contributed by atoms with Crippen LogP contribution in [0, 0.1) is 0 Å². The van der Waals surface area contributed by atoms with E-state index in [9.17, 15) is 0 Å². The standard InChI is InChI=1S/C6H10ClN3O/c1-2-10-4-9-6(7)5(10)3-11-8/h4H,2-3,8H2,1H3. The lowest BCUT2D eigenvalue weighted by Crippen LogP contribution is -2.05. The van der Waals surface area contributed by atoms with Crippen molar-refractivity contribution >= 4 is 11.6 Å². The minimum Gasteiger partial charge on any atom is -0.331 e. The number of halogens is 1. The molecular weight excluding hydrogens is 166 g/mol. The van der Waals surface area contributed by atoms with Crippen LogP contribution in [-0.4, -0.2) is 9.55 Å². The first-order valence-electron chi connectivity index (χ1n) is 3.30. The molecule has 0 radical (unpaired) electrons. The molecule has 1 aromatic rings. The van der Waals surface area contributed by atoms with E-state index in [0.29, 0.717) is 11.8 Å². The highest BCUT2D eigenvalue weighted by Gasteiger charge is 2.06. The number of hydrogen-bond acceptors (Lipinski definition) is 3. The molecule has 1 heterocycles. The van der Waals surface area contributed by atoms with Gasteiger partial charge in [-0.2, -0.15) is 0 Å². The summed E-state index contributed by atoms with van der Waals surface area (Å²) in [4.78, 5) is 8.36. The summed E-state index contributed by atoms with van der Waals surface area (Å²) >= 11 is 5.73. The third kappa shape index (κ3) is 1.71. The molecule has 4 nitrogen and oxygen atoms in total. The molecule has 0 aromatic carbocycles. The molecule has 0 fully saturated rings. The van der Waals surface area contributed by atoms with Crippen molar-refractivity contribution in [2.24, 2.45) is 5.90 Å². The average molecular weight is 176 g/mol. The number of rotatable bonds is 3. The maximum atomic E-state index is 5.73. The van der Waals surface area contributed by atoms with Crippen LogP contribution in [0.15, 0.2) is 6.33 Å². The van der Waals surface area contributed by atoms with Gasteiger partial charge in [0.05, 0.1) is 12.0 Å². The van der Waals surface area contributed by atoms with Crippen LogP contribution in [0.5, 0.6) is 0 Å². The quantitative estimate of drug-likeness (QED) is 0.696. The smallest absolute Gasteiger partial charge is 0.152 e. The Morgan fingerprint density at radius 3 is 3.09 bits per heavy atom. The Balaban J connectivity index is 2.88. The lowest BCUT2D eigenvalue weighted by molar-refractivity contribution is 0.119. The molecule has 62 valence electrons. The number of nitrogens with two attached hydrogens (primary N) is 1. The summed E-state index contributed by atoms with van der Waals surface area (Å²) in [5.41, 5.74) is 0.816. The van der Waals surface area contributed by atoms with Crippen molar-refractivity contribution in [3.8, 4) is 0 Å². The van der Waals surface area contributed by atoms with Gasteiger partial charge in [-0.1, -0.05) is 11.6 Å². The predicted octanol–water partition coefficient (Wildman–Crippen LogP) is 0.947. The third-order valence-electron chi connectivity index (χ3n) is 1.46. The van der Waals surface area contributed by atoms with Crippen molar-refractivity contribution in [3.63, 3.8) is 0 Å². The van der Waals surface area contributed by atoms with E-state index in [2.05, 4.69) is 9.82 Å². The summed E-state index contributed by atoms with van der Waals surface area (Å²) in [5, 5.41) is 0.456. The Bertz CT molecular complexity index is 236. The van der Waals surface area contributed by atoms with E-state index < -0.39 is 0 Å². The SMILES string of the molecule is CCn1cnc(Cl)c1CON. The summed E-state index contributed by atoms with van der Waals surface area (Å²) in [5.74, 6) is 4.91. The first-order chi connectivity index (χ1) is 5.29. The van der Waals surface area contributed by atoms with Gasteiger partial charge in [-0.15, -0.1) is 0 Å². The topological polar surface area (TPSA) is 53.1 Å². The molecule has 2 N–H and O–H groups in total. The number of hydrogen-bond donors (Lipinski definition) is 1. The second kappa shape index (κ2) is 3.71. The van der Waals surface area contributed by atoms with E-state index in [0.717, 1.165) is 12.2 Å². The van der Waals surface area contributed by atoms with Gasteiger partial charge in [-0.3, -0.25) is 4.84 Å². The highest BCUT2D eigenvalue weighted by molar-refractivity contribution is 6.30. The van der Waals surface area contributed by atoms with Gasteiger partial charge in [0.15, 0.2) is 5.15 Å². The molecular formula is C6H10ClN3O. The summed E-state index contributed by atoms with van der Waals surface area (Å²) in [7, 11) is 0. The van der Waals surface area contributed by atoms with E-state index in [1.807, 2.05) is 11.5 Å². The molecule has 0 atom stereocenters. The highest BCUT2D eigenvalue weighted by Crippen LogP contribution is 2.13. The molecule has 0 bridgehead atoms. The second-order valence-electron chi connectivity index (χ2n) is 2.08. The normalized spacial score (nSPS) is 10.5. The number of aryl methyl sites for hydroxylation is 1. The third-order valence-corrected chi connectivity index (χ3v) is 1.77. The Morgan fingerprint density at radius 1 is 1.82 bits per heavy atom. The Morgan fingerprint density at radius 2 is 2.55 bits per heavy atom. The predicted molar refractivity (Wildman–Crippen MR) is 41.9 cm³/mol. The minimum atomic E-state index is 0.298. The molecule has 5 heteroatoms. The van der Waals surface area contributed by atoms with E-state index >= 15 is 0 Å². The molecule has 0 unspecified atom stereocenters. The van der Waals surface area contributed by atoms with Gasteiger partial charge in [-0.25, -0.2) is 10.9 Å². The Kier molecular flexibility index (Phi) is 2.87. The lowest BCUT2D eigenvalue weighted by atomic mass is 10.5. The maximum Gasteiger partial charge on any atom is 0.152 e. The zero-order valence-corrected chi connectivity index (χ0v) is 7.01. The molecule has 0 spiro atoms. The van der Waals surface area contributed by atoms with Gasteiger partial charge < -0.3 is 4.57 Å². The van der Waals surface area contributed by atoms with Gasteiger partial charge >= 0.3 is 0 Å². The van der Waals surface area contributed by atoms with Gasteiger partial charge in [0.2, 0.25) is 0 Å². The number of nitrogens with zero attached hydrogens (tertiary/aromatic N) is 2. The van der Waals surface area contributed by atoms with Gasteiger partial charge in [-0.05, 0) is 6.92 Å². The van der Waals surface area contributed by atoms with Crippen molar-refractivity contribution in [1.29, 1.82) is 0 Å². The fourth-order valence-corrected chi connectivity index (χ4v) is 1.08. The van der Waals surface area contributed by atoms with Crippen LogP contribution in [0.3, 0.4) is 0 Å². The van der Waals surface area contributed by atoms with Crippen molar-refractivity contribution in [2.75, 3.05) is 0 Å². The Labute approximate surface area is 69.9 Å². The minimum absolute atomic E-state index is 0.298. The molecule has 11 heavy (non-hydrogen) atoms. The molecule has 0 saturated heterocycles. The zero-order valence-electron chi connectivity index (χ0n) is 6.25. The van der Waals surface area contributed by atoms with Crippen LogP contribution < -0.4 is 5.90 Å². The fraction of sp³-hybridized carbons (Fsp3) is 0.500. The maximum absolute atomic E-state index is 5.73. The lowest BCUT2D eigenvalue weighted by Gasteiger charge is -2.02. The van der Waals surface area contributed by atoms with E-state index in [-0.39, 0.29) is 0 Å². The van der Waals surface area contributed by atoms with Crippen LogP contribution in [-0.2, 0) is 18.0 Å². The first kappa shape index (κ1) is 8.52. The molecule has 0 saturated carbocycles. The van der Waals surface area contributed by atoms with Crippen molar-refractivity contribution in [2.45, 2.75) is 20.1 Å². The van der Waals surface area contributed by atoms with Crippen LogP contribution in [0.4, 0.5) is 0 Å². The van der Waals surface area contributed by atoms with Crippen molar-refractivity contribution in [1.82, 2.24) is 9.55 Å². The Hall–Kier alpha value is -0.580. The molecule has 0 aliphatic carbocycles. The highest BCUT2D eigenvalue weighted by atomic mass is 35.5. The molecule has 1 rings (SSSR count). The van der Waals surface area contributed by atoms with E-state index in [1.165, 1.54) is 0 Å². The van der Waals surface area contributed by atoms with Gasteiger partial charge in [0, 0.05) is 6.54 Å². The molecule has 1 aromatic heterocycles. The zero-order chi connectivity index (χ0) is 8.27. The summed E-state index contributed by atoms with van der Waals surface area (Å²) in [6, 6.07) is 0. The molecule has 0 aliphatic heterocycles. The summed E-state index contributed by atoms with van der Waals surface area (Å²) < 4.78 is 1.88. The van der Waals surface area contributed by atoms with Crippen LogP contribution in [0.2, 0.25) is 5.15 Å². The largest absolute Gasteiger partial charge is 0.331 e. The average Bonchev–Trinajstić information content (AvgIpc) is 2.34. The summed E-state index contributed by atoms with van der Waals surface area (Å²) in [6.45, 7) is 3.11. The number of imidazole rings is 1. The van der Waals surface area contributed by atoms with Crippen LogP contribution in [0.25, 0.3) is 0 Å². The van der Waals surface area contributed by atoms with Gasteiger partial charge in [0.25, 0.3) is 0 Å². The van der Waals surface area contributed by atoms with Crippen molar-refractivity contribution < 1.29 is 4.84 Å². The summed E-state index contributed by atoms with van der Waals surface area (Å²) in [6.07, 6.45) is 1.66. The first-order valence-corrected chi connectivity index (χ1v) is 3.68. The van der Waals surface area contributed by atoms with Crippen molar-refractivity contribution in [3.05, 3.63) is 17.2 Å². The molecule has 0 amide bonds. The van der Waals surface area contributed by atoms with Crippen LogP contribution >= 0.6 is 11.6 Å². The monoisotopic (exact) mass is 175 g/mol. The fourth-order valence-electron chi connectivity index (χ4n) is 0.877. The van der Waals surface area contributed by atoms with E-state index in [1.54, 1.807) is 6.33 Å². The number of aromatic nitrogens is 2. The molecule has 0 aliphatic rings. The second-order valence-corrected chi connectivity index (χ2v) is 2.44. The van der Waals surface area contributed by atoms with E-state index in [4.69, 9.17) is 17.5 Å².